The lowest BCUT2D eigenvalue weighted by molar-refractivity contribution is -0.136. The first-order valence-corrected chi connectivity index (χ1v) is 13.1. The Labute approximate surface area is 241 Å². The summed E-state index contributed by atoms with van der Waals surface area (Å²) in [4.78, 5) is 37.6. The van der Waals surface area contributed by atoms with E-state index < -0.39 is 34.4 Å². The quantitative estimate of drug-likeness (QED) is 0.412. The molecule has 2 aromatic heterocycles. The molecule has 4 rings (SSSR count). The third kappa shape index (κ3) is 6.32. The largest absolute Gasteiger partial charge is 0.373 e. The average molecular weight is 563 g/mol. The van der Waals surface area contributed by atoms with Crippen molar-refractivity contribution in [1.82, 2.24) is 19.4 Å². The van der Waals surface area contributed by atoms with Crippen molar-refractivity contribution in [3.8, 4) is 0 Å². The van der Waals surface area contributed by atoms with Crippen molar-refractivity contribution >= 4 is 46.3 Å². The van der Waals surface area contributed by atoms with E-state index in [4.69, 9.17) is 28.3 Å². The number of rotatable bonds is 7. The molecule has 1 aliphatic rings. The van der Waals surface area contributed by atoms with Crippen LogP contribution in [0.25, 0.3) is 11.0 Å². The van der Waals surface area contributed by atoms with Crippen molar-refractivity contribution in [3.63, 3.8) is 0 Å². The highest BCUT2D eigenvalue weighted by atomic mass is 19.3. The summed E-state index contributed by atoms with van der Waals surface area (Å²) in [6.45, 7) is 4.32. The number of ether oxygens (including phenoxy) is 1. The van der Waals surface area contributed by atoms with Gasteiger partial charge < -0.3 is 14.5 Å². The second-order valence-corrected chi connectivity index (χ2v) is 9.76. The molecule has 1 saturated heterocycles. The fourth-order valence-corrected chi connectivity index (χ4v) is 5.04. The smallest absolute Gasteiger partial charge is 0.266 e. The molecular formula is C27H31B3F3N5O3. The van der Waals surface area contributed by atoms with E-state index in [1.165, 1.54) is 35.0 Å². The van der Waals surface area contributed by atoms with Gasteiger partial charge in [0, 0.05) is 46.4 Å². The summed E-state index contributed by atoms with van der Waals surface area (Å²) in [5, 5.41) is -1.54. The summed E-state index contributed by atoms with van der Waals surface area (Å²) in [5.74, 6) is -1.25. The summed E-state index contributed by atoms with van der Waals surface area (Å²) >= 11 is 0. The first kappa shape index (κ1) is 32.2. The van der Waals surface area contributed by atoms with Crippen LogP contribution in [0.4, 0.5) is 19.0 Å². The summed E-state index contributed by atoms with van der Waals surface area (Å²) in [6, 6.07) is 5.48. The standard InChI is InChI=1S/C25H25B3F3N5O3.C2H6/c1-34(12-14-5-4-6-15(18(14)29)19(30)31)20-16-11-17(22(37)35(2)21(16)33-13-32-20)24(39-3)7-9-36(10-8-24)23(38)25(26,27)28;1-2/h4-6,11,13,19H,7-10,12H2,1-3H3;1-2H3. The van der Waals surface area contributed by atoms with Crippen molar-refractivity contribution in [2.45, 2.75) is 50.4 Å². The predicted octanol–water partition coefficient (Wildman–Crippen LogP) is 3.11. The number of hydrogen-bond donors (Lipinski definition) is 0. The average Bonchev–Trinajstić information content (AvgIpc) is 2.95. The number of amides is 1. The number of halogens is 3. The SMILES string of the molecule is CC.[B]C([B])([B])C(=O)N1CCC(OC)(c2cc3c(N(C)Cc4cccc(C(F)F)c4F)ncnc3n(C)c2=O)CC1. The molecule has 8 nitrogen and oxygen atoms in total. The highest BCUT2D eigenvalue weighted by molar-refractivity contribution is 6.68. The van der Waals surface area contributed by atoms with Crippen molar-refractivity contribution in [3.05, 3.63) is 63.5 Å². The lowest BCUT2D eigenvalue weighted by Gasteiger charge is -2.43. The molecule has 0 unspecified atom stereocenters. The molecule has 1 amide bonds. The fraction of sp³-hybridized carbons (Fsp3) is 0.481. The fourth-order valence-electron chi connectivity index (χ4n) is 5.04. The van der Waals surface area contributed by atoms with E-state index >= 15 is 0 Å². The Morgan fingerprint density at radius 2 is 1.83 bits per heavy atom. The van der Waals surface area contributed by atoms with E-state index in [2.05, 4.69) is 9.97 Å². The van der Waals surface area contributed by atoms with Gasteiger partial charge in [0.1, 0.15) is 29.2 Å². The maximum absolute atomic E-state index is 14.7. The molecule has 0 bridgehead atoms. The second-order valence-electron chi connectivity index (χ2n) is 9.76. The number of aryl methyl sites for hydroxylation is 1. The van der Waals surface area contributed by atoms with Crippen molar-refractivity contribution in [2.24, 2.45) is 7.05 Å². The van der Waals surface area contributed by atoms with Crippen LogP contribution in [0.5, 0.6) is 0 Å². The van der Waals surface area contributed by atoms with Crippen LogP contribution in [0.3, 0.4) is 0 Å². The topological polar surface area (TPSA) is 80.6 Å². The van der Waals surface area contributed by atoms with Crippen LogP contribution in [0.15, 0.2) is 35.4 Å². The Kier molecular flexibility index (Phi) is 10.00. The number of benzene rings is 1. The number of carbonyl (C=O) groups excluding carboxylic acids is 1. The molecule has 3 aromatic rings. The molecule has 1 aliphatic heterocycles. The molecule has 0 N–H and O–H groups in total. The summed E-state index contributed by atoms with van der Waals surface area (Å²) in [7, 11) is 21.4. The van der Waals surface area contributed by atoms with Crippen LogP contribution in [-0.4, -0.2) is 76.1 Å². The molecule has 0 atom stereocenters. The van der Waals surface area contributed by atoms with Gasteiger partial charge >= 0.3 is 0 Å². The number of anilines is 1. The molecule has 0 saturated carbocycles. The number of likely N-dealkylation sites (tertiary alicyclic amines) is 1. The third-order valence-corrected chi connectivity index (χ3v) is 7.21. The number of fused-ring (bicyclic) bond motifs is 1. The lowest BCUT2D eigenvalue weighted by atomic mass is 9.42. The molecule has 1 fully saturated rings. The minimum atomic E-state index is -2.95. The Morgan fingerprint density at radius 1 is 1.20 bits per heavy atom. The number of carbonyl (C=O) groups is 1. The minimum Gasteiger partial charge on any atom is -0.373 e. The van der Waals surface area contributed by atoms with Crippen LogP contribution in [0.1, 0.15) is 49.8 Å². The van der Waals surface area contributed by atoms with Crippen LogP contribution in [0, 0.1) is 5.82 Å². The number of methoxy groups -OCH3 is 1. The number of hydrogen-bond acceptors (Lipinski definition) is 6. The monoisotopic (exact) mass is 563 g/mol. The van der Waals surface area contributed by atoms with Gasteiger partial charge in [-0.3, -0.25) is 14.2 Å². The zero-order valence-electron chi connectivity index (χ0n) is 23.8. The number of aromatic nitrogens is 3. The van der Waals surface area contributed by atoms with Gasteiger partial charge in [-0.1, -0.05) is 37.2 Å². The van der Waals surface area contributed by atoms with Gasteiger partial charge in [-0.25, -0.2) is 23.1 Å². The zero-order chi connectivity index (χ0) is 30.7. The predicted molar refractivity (Wildman–Crippen MR) is 154 cm³/mol. The highest BCUT2D eigenvalue weighted by Crippen LogP contribution is 2.37. The molecule has 6 radical (unpaired) electrons. The third-order valence-electron chi connectivity index (χ3n) is 7.21. The zero-order valence-corrected chi connectivity index (χ0v) is 23.8. The maximum atomic E-state index is 14.7. The number of alkyl halides is 2. The van der Waals surface area contributed by atoms with E-state index in [9.17, 15) is 22.8 Å². The van der Waals surface area contributed by atoms with Crippen LogP contribution in [0.2, 0.25) is 5.11 Å². The van der Waals surface area contributed by atoms with Gasteiger partial charge in [0.05, 0.1) is 40.1 Å². The Balaban J connectivity index is 0.00000226. The molecule has 41 heavy (non-hydrogen) atoms. The number of nitrogens with zero attached hydrogens (tertiary/aromatic N) is 5. The Morgan fingerprint density at radius 3 is 2.39 bits per heavy atom. The second kappa shape index (κ2) is 12.7. The van der Waals surface area contributed by atoms with E-state index in [1.807, 2.05) is 13.8 Å². The first-order valence-electron chi connectivity index (χ1n) is 13.1. The molecule has 212 valence electrons. The van der Waals surface area contributed by atoms with Crippen molar-refractivity contribution in [1.29, 1.82) is 0 Å². The number of piperidine rings is 1. The van der Waals surface area contributed by atoms with Crippen LogP contribution >= 0.6 is 0 Å². The molecule has 14 heteroatoms. The van der Waals surface area contributed by atoms with Gasteiger partial charge in [0.15, 0.2) is 0 Å². The maximum Gasteiger partial charge on any atom is 0.266 e. The summed E-state index contributed by atoms with van der Waals surface area (Å²) in [5.41, 5.74) is -1.38. The normalized spacial score (nSPS) is 15.0. The molecular weight excluding hydrogens is 532 g/mol. The van der Waals surface area contributed by atoms with E-state index in [1.54, 1.807) is 25.1 Å². The van der Waals surface area contributed by atoms with Gasteiger partial charge in [0.25, 0.3) is 12.0 Å². The van der Waals surface area contributed by atoms with Crippen LogP contribution in [-0.2, 0) is 28.7 Å². The molecule has 0 aliphatic carbocycles. The van der Waals surface area contributed by atoms with Gasteiger partial charge in [-0.15, -0.1) is 0 Å². The Hall–Kier alpha value is -3.28. The molecule has 0 spiro atoms. The van der Waals surface area contributed by atoms with E-state index in [-0.39, 0.29) is 43.6 Å². The van der Waals surface area contributed by atoms with Gasteiger partial charge in [-0.05, 0) is 18.9 Å². The van der Waals surface area contributed by atoms with Crippen molar-refractivity contribution in [2.75, 3.05) is 32.1 Å². The first-order chi connectivity index (χ1) is 19.3. The van der Waals surface area contributed by atoms with Gasteiger partial charge in [0.2, 0.25) is 5.91 Å². The Bertz CT molecular complexity index is 1460. The van der Waals surface area contributed by atoms with Gasteiger partial charge in [-0.2, -0.15) is 0 Å². The highest BCUT2D eigenvalue weighted by Gasteiger charge is 2.41. The van der Waals surface area contributed by atoms with Crippen LogP contribution < -0.4 is 10.5 Å². The summed E-state index contributed by atoms with van der Waals surface area (Å²) < 4.78 is 48.4. The molecule has 3 heterocycles. The van der Waals surface area contributed by atoms with Crippen molar-refractivity contribution < 1.29 is 22.7 Å². The number of pyridine rings is 1. The minimum absolute atomic E-state index is 0.0632. The molecule has 1 aromatic carbocycles. The van der Waals surface area contributed by atoms with E-state index in [0.717, 1.165) is 6.07 Å². The van der Waals surface area contributed by atoms with E-state index in [0.29, 0.717) is 22.4 Å². The summed E-state index contributed by atoms with van der Waals surface area (Å²) in [6.07, 6.45) is -1.16. The lowest BCUT2D eigenvalue weighted by Crippen LogP contribution is -2.51.